The van der Waals surface area contributed by atoms with Gasteiger partial charge in [-0.2, -0.15) is 0 Å². The number of ether oxygens (including phenoxy) is 1. The van der Waals surface area contributed by atoms with Crippen molar-refractivity contribution in [1.82, 2.24) is 4.90 Å². The van der Waals surface area contributed by atoms with Gasteiger partial charge in [0.05, 0.1) is 5.69 Å². The number of likely N-dealkylation sites (tertiary alicyclic amines) is 1. The summed E-state index contributed by atoms with van der Waals surface area (Å²) in [5.41, 5.74) is 0.983. The molecule has 126 valence electrons. The largest absolute Gasteiger partial charge is 0.479 e. The zero-order chi connectivity index (χ0) is 17.3. The maximum atomic E-state index is 12.0. The Labute approximate surface area is 138 Å². The first kappa shape index (κ1) is 16.0. The molecule has 0 spiro atoms. The van der Waals surface area contributed by atoms with Gasteiger partial charge < -0.3 is 15.4 Å². The summed E-state index contributed by atoms with van der Waals surface area (Å²) in [6.07, 6.45) is -0.116. The van der Waals surface area contributed by atoms with Gasteiger partial charge in [0.15, 0.2) is 6.10 Å². The van der Waals surface area contributed by atoms with Crippen LogP contribution in [0.3, 0.4) is 0 Å². The Morgan fingerprint density at radius 1 is 1.29 bits per heavy atom. The van der Waals surface area contributed by atoms with Crippen LogP contribution in [-0.2, 0) is 19.2 Å². The van der Waals surface area contributed by atoms with Crippen LogP contribution in [0.25, 0.3) is 0 Å². The monoisotopic (exact) mass is 331 g/mol. The molecule has 0 radical (unpaired) electrons. The van der Waals surface area contributed by atoms with Crippen molar-refractivity contribution in [2.45, 2.75) is 32.3 Å². The summed E-state index contributed by atoms with van der Waals surface area (Å²) in [6.45, 7) is 1.72. The molecule has 1 atom stereocenters. The average molecular weight is 331 g/mol. The van der Waals surface area contributed by atoms with Crippen LogP contribution in [0.1, 0.15) is 26.2 Å². The zero-order valence-electron chi connectivity index (χ0n) is 13.1. The fourth-order valence-electron chi connectivity index (χ4n) is 2.60. The van der Waals surface area contributed by atoms with Gasteiger partial charge >= 0.3 is 0 Å². The number of imide groups is 1. The Morgan fingerprint density at radius 2 is 2.00 bits per heavy atom. The van der Waals surface area contributed by atoms with E-state index in [1.54, 1.807) is 25.1 Å². The van der Waals surface area contributed by atoms with Gasteiger partial charge in [0.2, 0.25) is 17.7 Å². The molecule has 3 rings (SSSR count). The highest BCUT2D eigenvalue weighted by Gasteiger charge is 2.29. The maximum absolute atomic E-state index is 12.0. The van der Waals surface area contributed by atoms with Crippen LogP contribution in [-0.4, -0.2) is 41.2 Å². The summed E-state index contributed by atoms with van der Waals surface area (Å²) < 4.78 is 5.44. The van der Waals surface area contributed by atoms with E-state index in [-0.39, 0.29) is 49.4 Å². The number of nitrogens with one attached hydrogen (secondary N) is 2. The number of benzene rings is 1. The van der Waals surface area contributed by atoms with Gasteiger partial charge in [-0.1, -0.05) is 0 Å². The summed E-state index contributed by atoms with van der Waals surface area (Å²) >= 11 is 0. The Hall–Kier alpha value is -2.90. The van der Waals surface area contributed by atoms with Crippen molar-refractivity contribution in [1.29, 1.82) is 0 Å². The quantitative estimate of drug-likeness (QED) is 0.797. The van der Waals surface area contributed by atoms with Crippen LogP contribution < -0.4 is 15.4 Å². The third-order valence-corrected chi connectivity index (χ3v) is 3.91. The van der Waals surface area contributed by atoms with Gasteiger partial charge in [-0.3, -0.25) is 24.1 Å². The molecule has 0 bridgehead atoms. The lowest BCUT2D eigenvalue weighted by Gasteiger charge is -2.23. The molecule has 2 aliphatic rings. The van der Waals surface area contributed by atoms with Crippen molar-refractivity contribution in [2.75, 3.05) is 17.2 Å². The second-order valence-corrected chi connectivity index (χ2v) is 5.70. The first-order valence-electron chi connectivity index (χ1n) is 7.68. The van der Waals surface area contributed by atoms with Crippen LogP contribution >= 0.6 is 0 Å². The first-order chi connectivity index (χ1) is 11.4. The van der Waals surface area contributed by atoms with Gasteiger partial charge in [-0.25, -0.2) is 0 Å². The van der Waals surface area contributed by atoms with Crippen molar-refractivity contribution in [3.8, 4) is 5.75 Å². The van der Waals surface area contributed by atoms with E-state index in [2.05, 4.69) is 10.6 Å². The number of anilines is 2. The normalized spacial score (nSPS) is 19.6. The summed E-state index contributed by atoms with van der Waals surface area (Å²) in [5.74, 6) is -0.518. The number of rotatable bonds is 4. The number of hydrogen-bond donors (Lipinski definition) is 2. The topological polar surface area (TPSA) is 105 Å². The first-order valence-corrected chi connectivity index (χ1v) is 7.68. The molecular weight excluding hydrogens is 314 g/mol. The van der Waals surface area contributed by atoms with Crippen LogP contribution in [0, 0.1) is 0 Å². The summed E-state index contributed by atoms with van der Waals surface area (Å²) in [7, 11) is 0. The van der Waals surface area contributed by atoms with E-state index < -0.39 is 6.10 Å². The van der Waals surface area contributed by atoms with Gasteiger partial charge in [0, 0.05) is 31.5 Å². The Balaban J connectivity index is 1.59. The zero-order valence-corrected chi connectivity index (χ0v) is 13.1. The third kappa shape index (κ3) is 3.22. The van der Waals surface area contributed by atoms with Crippen molar-refractivity contribution in [2.24, 2.45) is 0 Å². The molecule has 1 saturated heterocycles. The van der Waals surface area contributed by atoms with Crippen LogP contribution in [0.4, 0.5) is 11.4 Å². The molecule has 8 heteroatoms. The number of carbonyl (C=O) groups excluding carboxylic acids is 4. The highest BCUT2D eigenvalue weighted by atomic mass is 16.5. The standard InChI is InChI=1S/C16H17N3O5/c1-9-16(23)18-11-8-10(2-3-12(11)24-9)17-13(20)6-7-19-14(21)4-5-15(19)22/h2-3,8-9H,4-7H2,1H3,(H,17,20)(H,18,23)/t9-/m1/s1. The molecule has 4 amide bonds. The highest BCUT2D eigenvalue weighted by molar-refractivity contribution is 6.02. The second-order valence-electron chi connectivity index (χ2n) is 5.70. The number of nitrogens with zero attached hydrogens (tertiary/aromatic N) is 1. The van der Waals surface area contributed by atoms with Crippen LogP contribution in [0.5, 0.6) is 5.75 Å². The molecule has 0 saturated carbocycles. The predicted octanol–water partition coefficient (Wildman–Crippen LogP) is 0.884. The second kappa shape index (κ2) is 6.31. The van der Waals surface area contributed by atoms with Crippen LogP contribution in [0.15, 0.2) is 18.2 Å². The molecule has 1 fully saturated rings. The van der Waals surface area contributed by atoms with Crippen LogP contribution in [0.2, 0.25) is 0 Å². The molecule has 1 aromatic carbocycles. The van der Waals surface area contributed by atoms with Crippen molar-refractivity contribution >= 4 is 35.0 Å². The molecule has 24 heavy (non-hydrogen) atoms. The van der Waals surface area contributed by atoms with Gasteiger partial charge in [0.25, 0.3) is 5.91 Å². The fourth-order valence-corrected chi connectivity index (χ4v) is 2.60. The molecule has 0 aromatic heterocycles. The molecule has 2 aliphatic heterocycles. The molecule has 0 aliphatic carbocycles. The van der Waals surface area contributed by atoms with Crippen molar-refractivity contribution in [3.63, 3.8) is 0 Å². The Kier molecular flexibility index (Phi) is 4.20. The molecular formula is C16H17N3O5. The number of fused-ring (bicyclic) bond motifs is 1. The molecule has 2 N–H and O–H groups in total. The number of hydrogen-bond acceptors (Lipinski definition) is 5. The van der Waals surface area contributed by atoms with Gasteiger partial charge in [-0.05, 0) is 25.1 Å². The highest BCUT2D eigenvalue weighted by Crippen LogP contribution is 2.32. The summed E-state index contributed by atoms with van der Waals surface area (Å²) in [5, 5.41) is 5.38. The lowest BCUT2D eigenvalue weighted by atomic mass is 10.2. The number of carbonyl (C=O) groups is 4. The van der Waals surface area contributed by atoms with E-state index in [9.17, 15) is 19.2 Å². The summed E-state index contributed by atoms with van der Waals surface area (Å²) in [6, 6.07) is 4.92. The van der Waals surface area contributed by atoms with E-state index in [1.807, 2.05) is 0 Å². The molecule has 1 aromatic rings. The third-order valence-electron chi connectivity index (χ3n) is 3.91. The van der Waals surface area contributed by atoms with Gasteiger partial charge in [-0.15, -0.1) is 0 Å². The number of amides is 4. The smallest absolute Gasteiger partial charge is 0.265 e. The van der Waals surface area contributed by atoms with Crippen molar-refractivity contribution < 1.29 is 23.9 Å². The van der Waals surface area contributed by atoms with E-state index in [1.165, 1.54) is 0 Å². The van der Waals surface area contributed by atoms with E-state index in [0.29, 0.717) is 17.1 Å². The average Bonchev–Trinajstić information content (AvgIpc) is 2.85. The lowest BCUT2D eigenvalue weighted by Crippen LogP contribution is -2.34. The van der Waals surface area contributed by atoms with E-state index in [0.717, 1.165) is 4.90 Å². The minimum absolute atomic E-state index is 0.0223. The predicted molar refractivity (Wildman–Crippen MR) is 84.4 cm³/mol. The summed E-state index contributed by atoms with van der Waals surface area (Å²) in [4.78, 5) is 47.7. The van der Waals surface area contributed by atoms with Crippen molar-refractivity contribution in [3.05, 3.63) is 18.2 Å². The Bertz CT molecular complexity index is 714. The molecule has 0 unspecified atom stereocenters. The minimum Gasteiger partial charge on any atom is -0.479 e. The SMILES string of the molecule is C[C@H]1Oc2ccc(NC(=O)CCN3C(=O)CCC3=O)cc2NC1=O. The Morgan fingerprint density at radius 3 is 2.71 bits per heavy atom. The maximum Gasteiger partial charge on any atom is 0.265 e. The minimum atomic E-state index is -0.562. The fraction of sp³-hybridized carbons (Fsp3) is 0.375. The van der Waals surface area contributed by atoms with E-state index in [4.69, 9.17) is 4.74 Å². The van der Waals surface area contributed by atoms with E-state index >= 15 is 0 Å². The molecule has 8 nitrogen and oxygen atoms in total. The lowest BCUT2D eigenvalue weighted by molar-refractivity contribution is -0.138. The van der Waals surface area contributed by atoms with Gasteiger partial charge in [0.1, 0.15) is 5.75 Å². The molecule has 2 heterocycles.